The van der Waals surface area contributed by atoms with E-state index in [1.165, 1.54) is 0 Å². The summed E-state index contributed by atoms with van der Waals surface area (Å²) in [6.45, 7) is 0.323. The Morgan fingerprint density at radius 2 is 1.72 bits per heavy atom. The molecule has 6 heteroatoms. The first-order chi connectivity index (χ1) is 14.1. The van der Waals surface area contributed by atoms with E-state index in [0.717, 1.165) is 29.5 Å². The van der Waals surface area contributed by atoms with Gasteiger partial charge in [0.1, 0.15) is 0 Å². The largest absolute Gasteiger partial charge is 0.493 e. The van der Waals surface area contributed by atoms with Crippen LogP contribution in [0.4, 0.5) is 0 Å². The third kappa shape index (κ3) is 3.92. The molecule has 1 atom stereocenters. The number of amides is 1. The highest BCUT2D eigenvalue weighted by Gasteiger charge is 2.35. The van der Waals surface area contributed by atoms with Crippen molar-refractivity contribution in [2.75, 3.05) is 27.4 Å². The van der Waals surface area contributed by atoms with E-state index >= 15 is 0 Å². The van der Waals surface area contributed by atoms with Crippen LogP contribution in [-0.2, 0) is 20.7 Å². The molecule has 1 fully saturated rings. The highest BCUT2D eigenvalue weighted by atomic mass is 16.5. The lowest BCUT2D eigenvalue weighted by Crippen LogP contribution is -2.42. The minimum Gasteiger partial charge on any atom is -0.493 e. The van der Waals surface area contributed by atoms with Crippen LogP contribution in [-0.4, -0.2) is 44.1 Å². The van der Waals surface area contributed by atoms with E-state index in [4.69, 9.17) is 14.2 Å². The second-order valence-corrected chi connectivity index (χ2v) is 7.44. The summed E-state index contributed by atoms with van der Waals surface area (Å²) in [6, 6.07) is 13.5. The molecule has 2 aliphatic rings. The standard InChI is InChI=1S/C23H25NO5/c1-27-19-12-17-10-11-24(21(25)14-29-23(26)16-8-9-16)22(15-6-4-3-5-7-15)18(17)13-20(19)28-2/h3-7,12-13,16,22H,8-11,14H2,1-2H3/t22-/m1/s1. The van der Waals surface area contributed by atoms with Crippen molar-refractivity contribution >= 4 is 11.9 Å². The van der Waals surface area contributed by atoms with Gasteiger partial charge in [0.25, 0.3) is 5.91 Å². The second-order valence-electron chi connectivity index (χ2n) is 7.44. The van der Waals surface area contributed by atoms with Gasteiger partial charge in [-0.05, 0) is 48.1 Å². The summed E-state index contributed by atoms with van der Waals surface area (Å²) in [5.41, 5.74) is 3.13. The number of hydrogen-bond acceptors (Lipinski definition) is 5. The molecule has 2 aromatic rings. The van der Waals surface area contributed by atoms with Crippen LogP contribution in [0.3, 0.4) is 0 Å². The number of esters is 1. The average molecular weight is 395 g/mol. The molecule has 152 valence electrons. The van der Waals surface area contributed by atoms with Crippen molar-refractivity contribution in [1.29, 1.82) is 0 Å². The molecule has 0 bridgehead atoms. The monoisotopic (exact) mass is 395 g/mol. The van der Waals surface area contributed by atoms with Gasteiger partial charge in [0, 0.05) is 6.54 Å². The van der Waals surface area contributed by atoms with Crippen LogP contribution in [0, 0.1) is 5.92 Å². The van der Waals surface area contributed by atoms with Crippen LogP contribution in [0.5, 0.6) is 11.5 Å². The molecule has 4 rings (SSSR count). The summed E-state index contributed by atoms with van der Waals surface area (Å²) in [7, 11) is 3.22. The Morgan fingerprint density at radius 1 is 1.03 bits per heavy atom. The third-order valence-corrected chi connectivity index (χ3v) is 5.56. The zero-order valence-corrected chi connectivity index (χ0v) is 16.7. The highest BCUT2D eigenvalue weighted by Crippen LogP contribution is 2.41. The van der Waals surface area contributed by atoms with Gasteiger partial charge in [0.05, 0.1) is 26.2 Å². The van der Waals surface area contributed by atoms with E-state index < -0.39 is 0 Å². The maximum Gasteiger partial charge on any atom is 0.309 e. The van der Waals surface area contributed by atoms with Crippen molar-refractivity contribution in [1.82, 2.24) is 4.90 Å². The second kappa shape index (κ2) is 8.15. The van der Waals surface area contributed by atoms with Gasteiger partial charge in [-0.15, -0.1) is 0 Å². The molecule has 6 nitrogen and oxygen atoms in total. The first kappa shape index (κ1) is 19.3. The van der Waals surface area contributed by atoms with Gasteiger partial charge in [0.2, 0.25) is 0 Å². The van der Waals surface area contributed by atoms with Crippen LogP contribution in [0.2, 0.25) is 0 Å². The predicted molar refractivity (Wildman–Crippen MR) is 107 cm³/mol. The molecule has 0 radical (unpaired) electrons. The van der Waals surface area contributed by atoms with Gasteiger partial charge in [-0.25, -0.2) is 0 Å². The summed E-state index contributed by atoms with van der Waals surface area (Å²) in [5, 5.41) is 0. The Bertz CT molecular complexity index is 907. The van der Waals surface area contributed by atoms with Crippen molar-refractivity contribution in [3.63, 3.8) is 0 Å². The molecule has 1 aliphatic carbocycles. The number of fused-ring (bicyclic) bond motifs is 1. The van der Waals surface area contributed by atoms with E-state index in [9.17, 15) is 9.59 Å². The van der Waals surface area contributed by atoms with Gasteiger partial charge >= 0.3 is 5.97 Å². The Balaban J connectivity index is 1.67. The van der Waals surface area contributed by atoms with Crippen molar-refractivity contribution in [2.24, 2.45) is 5.92 Å². The Morgan fingerprint density at radius 3 is 2.38 bits per heavy atom. The normalized spacial score (nSPS) is 18.0. The molecule has 29 heavy (non-hydrogen) atoms. The van der Waals surface area contributed by atoms with Crippen molar-refractivity contribution < 1.29 is 23.8 Å². The van der Waals surface area contributed by atoms with E-state index in [0.29, 0.717) is 24.5 Å². The molecule has 0 unspecified atom stereocenters. The molecule has 0 saturated heterocycles. The molecule has 1 heterocycles. The summed E-state index contributed by atoms with van der Waals surface area (Å²) in [6.07, 6.45) is 2.41. The molecule has 0 N–H and O–H groups in total. The lowest BCUT2D eigenvalue weighted by atomic mass is 9.87. The number of ether oxygens (including phenoxy) is 3. The highest BCUT2D eigenvalue weighted by molar-refractivity contribution is 5.83. The molecule has 0 aromatic heterocycles. The van der Waals surface area contributed by atoms with Gasteiger partial charge < -0.3 is 19.1 Å². The Labute approximate surface area is 170 Å². The Hall–Kier alpha value is -3.02. The number of benzene rings is 2. The molecule has 2 aromatic carbocycles. The zero-order chi connectivity index (χ0) is 20.4. The number of rotatable bonds is 6. The van der Waals surface area contributed by atoms with E-state index in [2.05, 4.69) is 0 Å². The fraction of sp³-hybridized carbons (Fsp3) is 0.391. The molecule has 0 spiro atoms. The van der Waals surface area contributed by atoms with E-state index in [1.807, 2.05) is 42.5 Å². The van der Waals surface area contributed by atoms with E-state index in [1.54, 1.807) is 19.1 Å². The van der Waals surface area contributed by atoms with Gasteiger partial charge in [-0.2, -0.15) is 0 Å². The zero-order valence-electron chi connectivity index (χ0n) is 16.7. The predicted octanol–water partition coefficient (Wildman–Crippen LogP) is 3.13. The van der Waals surface area contributed by atoms with Crippen LogP contribution < -0.4 is 9.47 Å². The van der Waals surface area contributed by atoms with E-state index in [-0.39, 0.29) is 30.4 Å². The molecular formula is C23H25NO5. The number of hydrogen-bond donors (Lipinski definition) is 0. The van der Waals surface area contributed by atoms with Crippen LogP contribution in [0.25, 0.3) is 0 Å². The maximum absolute atomic E-state index is 13.0. The van der Waals surface area contributed by atoms with Crippen LogP contribution in [0.1, 0.15) is 35.6 Å². The number of methoxy groups -OCH3 is 2. The van der Waals surface area contributed by atoms with Crippen LogP contribution in [0.15, 0.2) is 42.5 Å². The molecule has 1 saturated carbocycles. The summed E-state index contributed by atoms with van der Waals surface area (Å²) < 4.78 is 16.2. The van der Waals surface area contributed by atoms with Gasteiger partial charge in [-0.1, -0.05) is 30.3 Å². The SMILES string of the molecule is COc1cc2c(cc1OC)[C@@H](c1ccccc1)N(C(=O)COC(=O)C1CC1)CC2. The van der Waals surface area contributed by atoms with Gasteiger partial charge in [-0.3, -0.25) is 9.59 Å². The van der Waals surface area contributed by atoms with Crippen molar-refractivity contribution in [3.8, 4) is 11.5 Å². The lowest BCUT2D eigenvalue weighted by molar-refractivity contribution is -0.154. The third-order valence-electron chi connectivity index (χ3n) is 5.56. The lowest BCUT2D eigenvalue weighted by Gasteiger charge is -2.38. The van der Waals surface area contributed by atoms with Gasteiger partial charge in [0.15, 0.2) is 18.1 Å². The molecule has 1 aliphatic heterocycles. The minimum absolute atomic E-state index is 0.0217. The number of nitrogens with zero attached hydrogens (tertiary/aromatic N) is 1. The fourth-order valence-corrected chi connectivity index (χ4v) is 3.86. The molecule has 1 amide bonds. The first-order valence-electron chi connectivity index (χ1n) is 9.88. The average Bonchev–Trinajstić information content (AvgIpc) is 3.61. The summed E-state index contributed by atoms with van der Waals surface area (Å²) in [5.74, 6) is 0.830. The van der Waals surface area contributed by atoms with Crippen molar-refractivity contribution in [2.45, 2.75) is 25.3 Å². The smallest absolute Gasteiger partial charge is 0.309 e. The van der Waals surface area contributed by atoms with Crippen molar-refractivity contribution in [3.05, 3.63) is 59.2 Å². The Kier molecular flexibility index (Phi) is 5.43. The summed E-state index contributed by atoms with van der Waals surface area (Å²) >= 11 is 0. The minimum atomic E-state index is -0.271. The fourth-order valence-electron chi connectivity index (χ4n) is 3.86. The topological polar surface area (TPSA) is 65.1 Å². The molecular weight excluding hydrogens is 370 g/mol. The quantitative estimate of drug-likeness (QED) is 0.703. The van der Waals surface area contributed by atoms with Crippen LogP contribution >= 0.6 is 0 Å². The number of carbonyl (C=O) groups is 2. The summed E-state index contributed by atoms with van der Waals surface area (Å²) in [4.78, 5) is 26.7. The maximum atomic E-state index is 13.0. The first-order valence-corrected chi connectivity index (χ1v) is 9.88. The number of carbonyl (C=O) groups excluding carboxylic acids is 2.